The maximum Gasteiger partial charge on any atom is 0.0671 e. The molecule has 0 fully saturated rings. The van der Waals surface area contributed by atoms with Crippen molar-refractivity contribution < 1.29 is 0 Å². The minimum Gasteiger partial charge on any atom is -0.378 e. The van der Waals surface area contributed by atoms with E-state index in [2.05, 4.69) is 60.6 Å². The molecular weight excluding hydrogens is 246 g/mol. The van der Waals surface area contributed by atoms with Crippen molar-refractivity contribution in [1.29, 1.82) is 0 Å². The first-order valence-corrected chi connectivity index (χ1v) is 6.91. The zero-order chi connectivity index (χ0) is 14.1. The summed E-state index contributed by atoms with van der Waals surface area (Å²) in [5.41, 5.74) is 6.13. The fourth-order valence-corrected chi connectivity index (χ4v) is 2.44. The van der Waals surface area contributed by atoms with Gasteiger partial charge in [0, 0.05) is 17.1 Å². The summed E-state index contributed by atoms with van der Waals surface area (Å²) in [6.07, 6.45) is 1.87. The summed E-state index contributed by atoms with van der Waals surface area (Å²) in [4.78, 5) is 0. The molecule has 0 aliphatic rings. The number of hydrogen-bond donors (Lipinski definition) is 2. The van der Waals surface area contributed by atoms with Crippen molar-refractivity contribution in [3.05, 3.63) is 59.3 Å². The molecule has 0 saturated heterocycles. The molecule has 2 aromatic carbocycles. The number of aromatic nitrogens is 2. The first-order chi connectivity index (χ1) is 9.65. The topological polar surface area (TPSA) is 40.7 Å². The Bertz CT molecular complexity index is 743. The molecule has 1 heterocycles. The van der Waals surface area contributed by atoms with E-state index in [1.54, 1.807) is 0 Å². The molecule has 0 aliphatic carbocycles. The van der Waals surface area contributed by atoms with E-state index in [1.165, 1.54) is 16.7 Å². The predicted molar refractivity (Wildman–Crippen MR) is 84.0 cm³/mol. The first-order valence-electron chi connectivity index (χ1n) is 6.91. The Balaban J connectivity index is 1.90. The van der Waals surface area contributed by atoms with Crippen LogP contribution in [0.3, 0.4) is 0 Å². The lowest BCUT2D eigenvalue weighted by Crippen LogP contribution is -2.07. The van der Waals surface area contributed by atoms with E-state index in [0.29, 0.717) is 0 Å². The molecule has 3 rings (SSSR count). The van der Waals surface area contributed by atoms with E-state index >= 15 is 0 Å². The van der Waals surface area contributed by atoms with Crippen LogP contribution in [0.2, 0.25) is 0 Å². The number of anilines is 1. The van der Waals surface area contributed by atoms with Gasteiger partial charge in [0.1, 0.15) is 0 Å². The lowest BCUT2D eigenvalue weighted by atomic mass is 10.0. The highest BCUT2D eigenvalue weighted by atomic mass is 15.1. The molecule has 0 bridgehead atoms. The van der Waals surface area contributed by atoms with Crippen molar-refractivity contribution in [2.45, 2.75) is 26.8 Å². The lowest BCUT2D eigenvalue weighted by molar-refractivity contribution is 0.883. The quantitative estimate of drug-likeness (QED) is 0.739. The van der Waals surface area contributed by atoms with E-state index in [4.69, 9.17) is 0 Å². The zero-order valence-electron chi connectivity index (χ0n) is 12.1. The molecular formula is C17H19N3. The summed E-state index contributed by atoms with van der Waals surface area (Å²) >= 11 is 0. The van der Waals surface area contributed by atoms with E-state index in [1.807, 2.05) is 18.3 Å². The smallest absolute Gasteiger partial charge is 0.0671 e. The molecule has 20 heavy (non-hydrogen) atoms. The van der Waals surface area contributed by atoms with Crippen LogP contribution in [0.15, 0.2) is 42.6 Å². The van der Waals surface area contributed by atoms with Gasteiger partial charge >= 0.3 is 0 Å². The molecule has 1 unspecified atom stereocenters. The van der Waals surface area contributed by atoms with E-state index < -0.39 is 0 Å². The van der Waals surface area contributed by atoms with Crippen molar-refractivity contribution in [2.75, 3.05) is 5.32 Å². The Hall–Kier alpha value is -2.29. The van der Waals surface area contributed by atoms with Crippen LogP contribution >= 0.6 is 0 Å². The van der Waals surface area contributed by atoms with Crippen LogP contribution in [-0.2, 0) is 0 Å². The summed E-state index contributed by atoms with van der Waals surface area (Å²) in [5.74, 6) is 0. The SMILES string of the molecule is Cc1ccc(C(C)Nc2cccc3[nH]ncc23)cc1C. The van der Waals surface area contributed by atoms with Crippen LogP contribution in [0.5, 0.6) is 0 Å². The number of aromatic amines is 1. The third-order valence-electron chi connectivity index (χ3n) is 3.89. The van der Waals surface area contributed by atoms with Crippen LogP contribution in [0.4, 0.5) is 5.69 Å². The first kappa shape index (κ1) is 12.7. The number of fused-ring (bicyclic) bond motifs is 1. The van der Waals surface area contributed by atoms with Crippen molar-refractivity contribution in [3.63, 3.8) is 0 Å². The molecule has 2 N–H and O–H groups in total. The molecule has 0 aliphatic heterocycles. The molecule has 1 atom stereocenters. The number of nitrogens with zero attached hydrogens (tertiary/aromatic N) is 1. The average Bonchev–Trinajstić information content (AvgIpc) is 2.91. The van der Waals surface area contributed by atoms with Gasteiger partial charge in [-0.3, -0.25) is 5.10 Å². The number of aryl methyl sites for hydroxylation is 2. The standard InChI is InChI=1S/C17H19N3/c1-11-7-8-14(9-12(11)2)13(3)19-16-5-4-6-17-15(16)10-18-20-17/h4-10,13,19H,1-3H3,(H,18,20). The number of nitrogens with one attached hydrogen (secondary N) is 2. The number of hydrogen-bond acceptors (Lipinski definition) is 2. The highest BCUT2D eigenvalue weighted by molar-refractivity contribution is 5.90. The Labute approximate surface area is 119 Å². The maximum absolute atomic E-state index is 4.10. The fourth-order valence-electron chi connectivity index (χ4n) is 2.44. The second kappa shape index (κ2) is 5.00. The highest BCUT2D eigenvalue weighted by Gasteiger charge is 2.09. The summed E-state index contributed by atoms with van der Waals surface area (Å²) in [7, 11) is 0. The largest absolute Gasteiger partial charge is 0.378 e. The summed E-state index contributed by atoms with van der Waals surface area (Å²) in [6, 6.07) is 13.0. The third kappa shape index (κ3) is 2.27. The van der Waals surface area contributed by atoms with Crippen LogP contribution in [0, 0.1) is 13.8 Å². The molecule has 3 aromatic rings. The van der Waals surface area contributed by atoms with Crippen LogP contribution in [-0.4, -0.2) is 10.2 Å². The molecule has 0 amide bonds. The average molecular weight is 265 g/mol. The molecule has 102 valence electrons. The van der Waals surface area contributed by atoms with Crippen molar-refractivity contribution in [1.82, 2.24) is 10.2 Å². The zero-order valence-corrected chi connectivity index (χ0v) is 12.1. The molecule has 3 nitrogen and oxygen atoms in total. The van der Waals surface area contributed by atoms with Gasteiger partial charge in [0.2, 0.25) is 0 Å². The van der Waals surface area contributed by atoms with Gasteiger partial charge in [-0.15, -0.1) is 0 Å². The molecule has 0 radical (unpaired) electrons. The van der Waals surface area contributed by atoms with E-state index in [0.717, 1.165) is 16.6 Å². The lowest BCUT2D eigenvalue weighted by Gasteiger charge is -2.17. The van der Waals surface area contributed by atoms with Crippen molar-refractivity contribution in [2.24, 2.45) is 0 Å². The van der Waals surface area contributed by atoms with Crippen LogP contribution in [0.1, 0.15) is 29.7 Å². The predicted octanol–water partition coefficient (Wildman–Crippen LogP) is 4.35. The Morgan fingerprint density at radius 1 is 1.10 bits per heavy atom. The molecule has 0 saturated carbocycles. The Kier molecular flexibility index (Phi) is 3.18. The fraction of sp³-hybridized carbons (Fsp3) is 0.235. The molecule has 1 aromatic heterocycles. The Morgan fingerprint density at radius 2 is 1.95 bits per heavy atom. The Morgan fingerprint density at radius 3 is 2.75 bits per heavy atom. The number of benzene rings is 2. The minimum atomic E-state index is 0.259. The van der Waals surface area contributed by atoms with E-state index in [9.17, 15) is 0 Å². The minimum absolute atomic E-state index is 0.259. The van der Waals surface area contributed by atoms with Gasteiger partial charge in [-0.25, -0.2) is 0 Å². The van der Waals surface area contributed by atoms with Crippen molar-refractivity contribution in [3.8, 4) is 0 Å². The van der Waals surface area contributed by atoms with Gasteiger partial charge in [-0.05, 0) is 49.6 Å². The van der Waals surface area contributed by atoms with Gasteiger partial charge in [-0.2, -0.15) is 5.10 Å². The van der Waals surface area contributed by atoms with Crippen LogP contribution < -0.4 is 5.32 Å². The van der Waals surface area contributed by atoms with Crippen LogP contribution in [0.25, 0.3) is 10.9 Å². The summed E-state index contributed by atoms with van der Waals surface area (Å²) in [5, 5.41) is 11.8. The van der Waals surface area contributed by atoms with Gasteiger partial charge in [0.05, 0.1) is 11.7 Å². The van der Waals surface area contributed by atoms with Gasteiger partial charge in [-0.1, -0.05) is 24.3 Å². The summed E-state index contributed by atoms with van der Waals surface area (Å²) in [6.45, 7) is 6.48. The highest BCUT2D eigenvalue weighted by Crippen LogP contribution is 2.26. The maximum atomic E-state index is 4.10. The van der Waals surface area contributed by atoms with Gasteiger partial charge < -0.3 is 5.32 Å². The van der Waals surface area contributed by atoms with Crippen molar-refractivity contribution >= 4 is 16.6 Å². The summed E-state index contributed by atoms with van der Waals surface area (Å²) < 4.78 is 0. The third-order valence-corrected chi connectivity index (χ3v) is 3.89. The number of rotatable bonds is 3. The monoisotopic (exact) mass is 265 g/mol. The molecule has 0 spiro atoms. The second-order valence-corrected chi connectivity index (χ2v) is 5.35. The van der Waals surface area contributed by atoms with Gasteiger partial charge in [0.15, 0.2) is 0 Å². The molecule has 3 heteroatoms. The second-order valence-electron chi connectivity index (χ2n) is 5.35. The van der Waals surface area contributed by atoms with Gasteiger partial charge in [0.25, 0.3) is 0 Å². The number of H-pyrrole nitrogens is 1. The normalized spacial score (nSPS) is 12.6. The van der Waals surface area contributed by atoms with E-state index in [-0.39, 0.29) is 6.04 Å².